The maximum absolute atomic E-state index is 13.0. The van der Waals surface area contributed by atoms with E-state index in [0.717, 1.165) is 18.2 Å². The van der Waals surface area contributed by atoms with Crippen LogP contribution in [0.2, 0.25) is 5.15 Å². The average molecular weight is 497 g/mol. The highest BCUT2D eigenvalue weighted by Crippen LogP contribution is 2.34. The predicted molar refractivity (Wildman–Crippen MR) is 107 cm³/mol. The standard InChI is InChI=1S/C20H19ClF6N4O2/c1-33-14-9-12(19(22,23)24)5-4-11(14)6-7-28-17(32)13-3-2-8-31(13)16-10-15(21)29-18(30-16)20(25,26)27/h4-5,9-10,13H,2-3,6-8H2,1H3,(H,28,32)/t13-/m0/s1. The second-order valence-electron chi connectivity index (χ2n) is 7.29. The number of halogens is 7. The summed E-state index contributed by atoms with van der Waals surface area (Å²) in [5, 5.41) is 2.28. The third-order valence-electron chi connectivity index (χ3n) is 5.09. The number of carbonyl (C=O) groups excluding carboxylic acids is 1. The van der Waals surface area contributed by atoms with Crippen LogP contribution in [-0.2, 0) is 23.6 Å². The van der Waals surface area contributed by atoms with E-state index in [1.807, 2.05) is 0 Å². The van der Waals surface area contributed by atoms with Crippen LogP contribution < -0.4 is 15.0 Å². The van der Waals surface area contributed by atoms with Crippen molar-refractivity contribution in [3.8, 4) is 5.75 Å². The number of aromatic nitrogens is 2. The molecule has 0 unspecified atom stereocenters. The first kappa shape index (κ1) is 24.9. The number of ether oxygens (including phenoxy) is 1. The number of carbonyl (C=O) groups is 1. The summed E-state index contributed by atoms with van der Waals surface area (Å²) in [5.41, 5.74) is -0.387. The molecule has 1 aliphatic heterocycles. The van der Waals surface area contributed by atoms with Crippen LogP contribution in [0, 0.1) is 0 Å². The summed E-state index contributed by atoms with van der Waals surface area (Å²) in [6.07, 6.45) is -8.18. The number of methoxy groups -OCH3 is 1. The summed E-state index contributed by atoms with van der Waals surface area (Å²) < 4.78 is 82.7. The van der Waals surface area contributed by atoms with Crippen molar-refractivity contribution in [1.82, 2.24) is 15.3 Å². The minimum atomic E-state index is -4.79. The van der Waals surface area contributed by atoms with Gasteiger partial charge in [-0.05, 0) is 37.0 Å². The summed E-state index contributed by atoms with van der Waals surface area (Å²) in [6.45, 7) is 0.388. The third kappa shape index (κ3) is 5.98. The molecule has 0 aliphatic carbocycles. The van der Waals surface area contributed by atoms with Crippen LogP contribution in [-0.4, -0.2) is 42.1 Å². The zero-order valence-corrected chi connectivity index (χ0v) is 18.0. The smallest absolute Gasteiger partial charge is 0.451 e. The molecule has 0 saturated carbocycles. The lowest BCUT2D eigenvalue weighted by Gasteiger charge is -2.25. The van der Waals surface area contributed by atoms with Crippen molar-refractivity contribution in [2.45, 2.75) is 37.7 Å². The summed E-state index contributed by atoms with van der Waals surface area (Å²) in [4.78, 5) is 20.8. The van der Waals surface area contributed by atoms with Gasteiger partial charge in [0.1, 0.15) is 22.8 Å². The minimum Gasteiger partial charge on any atom is -0.496 e. The highest BCUT2D eigenvalue weighted by Gasteiger charge is 2.38. The van der Waals surface area contributed by atoms with Crippen LogP contribution in [0.3, 0.4) is 0 Å². The second-order valence-corrected chi connectivity index (χ2v) is 7.67. The molecule has 1 atom stereocenters. The van der Waals surface area contributed by atoms with Crippen LogP contribution >= 0.6 is 11.6 Å². The molecule has 2 heterocycles. The molecule has 1 fully saturated rings. The molecule has 0 radical (unpaired) electrons. The molecule has 1 N–H and O–H groups in total. The molecule has 180 valence electrons. The van der Waals surface area contributed by atoms with Gasteiger partial charge in [-0.3, -0.25) is 4.79 Å². The van der Waals surface area contributed by atoms with E-state index in [1.165, 1.54) is 18.1 Å². The Morgan fingerprint density at radius 2 is 1.91 bits per heavy atom. The zero-order valence-electron chi connectivity index (χ0n) is 17.2. The van der Waals surface area contributed by atoms with Crippen molar-refractivity contribution < 1.29 is 35.9 Å². The van der Waals surface area contributed by atoms with Crippen molar-refractivity contribution in [3.05, 3.63) is 46.4 Å². The Kier molecular flexibility index (Phi) is 7.25. The van der Waals surface area contributed by atoms with Gasteiger partial charge in [-0.2, -0.15) is 26.3 Å². The van der Waals surface area contributed by atoms with Gasteiger partial charge in [0, 0.05) is 19.2 Å². The second kappa shape index (κ2) is 9.62. The Morgan fingerprint density at radius 1 is 1.18 bits per heavy atom. The average Bonchev–Trinajstić information content (AvgIpc) is 3.22. The van der Waals surface area contributed by atoms with Gasteiger partial charge in [-0.15, -0.1) is 0 Å². The van der Waals surface area contributed by atoms with E-state index < -0.39 is 40.8 Å². The molecule has 6 nitrogen and oxygen atoms in total. The number of alkyl halides is 6. The molecule has 1 aromatic heterocycles. The van der Waals surface area contributed by atoms with Crippen LogP contribution in [0.4, 0.5) is 32.2 Å². The van der Waals surface area contributed by atoms with Crippen molar-refractivity contribution >= 4 is 23.3 Å². The number of amides is 1. The Labute approximate surface area is 189 Å². The van der Waals surface area contributed by atoms with E-state index in [4.69, 9.17) is 16.3 Å². The summed E-state index contributed by atoms with van der Waals surface area (Å²) in [7, 11) is 1.25. The van der Waals surface area contributed by atoms with Crippen molar-refractivity contribution in [3.63, 3.8) is 0 Å². The lowest BCUT2D eigenvalue weighted by Crippen LogP contribution is -2.44. The molecule has 1 aliphatic rings. The highest BCUT2D eigenvalue weighted by atomic mass is 35.5. The third-order valence-corrected chi connectivity index (χ3v) is 5.29. The lowest BCUT2D eigenvalue weighted by molar-refractivity contribution is -0.145. The van der Waals surface area contributed by atoms with Crippen molar-refractivity contribution in [2.24, 2.45) is 0 Å². The van der Waals surface area contributed by atoms with E-state index in [2.05, 4.69) is 15.3 Å². The van der Waals surface area contributed by atoms with Crippen LogP contribution in [0.1, 0.15) is 29.8 Å². The SMILES string of the molecule is COc1cc(C(F)(F)F)ccc1CCNC(=O)[C@@H]1CCCN1c1cc(Cl)nc(C(F)(F)F)n1. The molecule has 2 aromatic rings. The molecule has 1 aromatic carbocycles. The largest absolute Gasteiger partial charge is 0.496 e. The van der Waals surface area contributed by atoms with Gasteiger partial charge >= 0.3 is 12.4 Å². The summed E-state index contributed by atoms with van der Waals surface area (Å²) in [6, 6.07) is 3.47. The van der Waals surface area contributed by atoms with Gasteiger partial charge in [0.2, 0.25) is 11.7 Å². The Bertz CT molecular complexity index is 1020. The molecule has 0 spiro atoms. The summed E-state index contributed by atoms with van der Waals surface area (Å²) in [5.74, 6) is -1.91. The van der Waals surface area contributed by atoms with Gasteiger partial charge in [0.15, 0.2) is 0 Å². The van der Waals surface area contributed by atoms with Crippen LogP contribution in [0.15, 0.2) is 24.3 Å². The number of anilines is 1. The van der Waals surface area contributed by atoms with Crippen molar-refractivity contribution in [1.29, 1.82) is 0 Å². The van der Waals surface area contributed by atoms with E-state index >= 15 is 0 Å². The monoisotopic (exact) mass is 496 g/mol. The van der Waals surface area contributed by atoms with E-state index in [1.54, 1.807) is 0 Å². The van der Waals surface area contributed by atoms with Crippen molar-refractivity contribution in [2.75, 3.05) is 25.1 Å². The number of benzene rings is 1. The maximum Gasteiger partial charge on any atom is 0.451 e. The van der Waals surface area contributed by atoms with Gasteiger partial charge in [0.25, 0.3) is 0 Å². The fraction of sp³-hybridized carbons (Fsp3) is 0.450. The van der Waals surface area contributed by atoms with Gasteiger partial charge in [0.05, 0.1) is 12.7 Å². The van der Waals surface area contributed by atoms with Gasteiger partial charge in [-0.1, -0.05) is 17.7 Å². The first-order chi connectivity index (χ1) is 15.4. The molecule has 1 amide bonds. The first-order valence-electron chi connectivity index (χ1n) is 9.80. The fourth-order valence-electron chi connectivity index (χ4n) is 3.56. The first-order valence-corrected chi connectivity index (χ1v) is 10.2. The normalized spacial score (nSPS) is 16.7. The number of nitrogens with zero attached hydrogens (tertiary/aromatic N) is 3. The molecule has 0 bridgehead atoms. The fourth-order valence-corrected chi connectivity index (χ4v) is 3.74. The maximum atomic E-state index is 13.0. The van der Waals surface area contributed by atoms with Gasteiger partial charge in [-0.25, -0.2) is 9.97 Å². The molecule has 13 heteroatoms. The number of hydrogen-bond donors (Lipinski definition) is 1. The topological polar surface area (TPSA) is 67.3 Å². The quantitative estimate of drug-likeness (QED) is 0.471. The number of hydrogen-bond acceptors (Lipinski definition) is 5. The number of nitrogens with one attached hydrogen (secondary N) is 1. The zero-order chi connectivity index (χ0) is 24.4. The summed E-state index contributed by atoms with van der Waals surface area (Å²) >= 11 is 5.72. The molecule has 33 heavy (non-hydrogen) atoms. The molecule has 1 saturated heterocycles. The predicted octanol–water partition coefficient (Wildman–Crippen LogP) is 4.50. The van der Waals surface area contributed by atoms with E-state index in [-0.39, 0.29) is 24.5 Å². The van der Waals surface area contributed by atoms with Crippen LogP contribution in [0.25, 0.3) is 0 Å². The lowest BCUT2D eigenvalue weighted by atomic mass is 10.1. The van der Waals surface area contributed by atoms with Crippen LogP contribution in [0.5, 0.6) is 5.75 Å². The Balaban J connectivity index is 1.67. The van der Waals surface area contributed by atoms with E-state index in [9.17, 15) is 31.1 Å². The number of rotatable bonds is 6. The van der Waals surface area contributed by atoms with E-state index in [0.29, 0.717) is 24.9 Å². The molecular weight excluding hydrogens is 478 g/mol. The minimum absolute atomic E-state index is 0.0388. The van der Waals surface area contributed by atoms with Gasteiger partial charge < -0.3 is 15.0 Å². The highest BCUT2D eigenvalue weighted by molar-refractivity contribution is 6.29. The Hall–Kier alpha value is -2.76. The molecule has 3 rings (SSSR count). The molecular formula is C20H19ClF6N4O2. The Morgan fingerprint density at radius 3 is 2.55 bits per heavy atom.